The lowest BCUT2D eigenvalue weighted by Crippen LogP contribution is -2.59. The number of hydrogen-bond acceptors (Lipinski definition) is 10. The Labute approximate surface area is 158 Å². The van der Waals surface area contributed by atoms with Crippen LogP contribution in [0, 0.1) is 6.92 Å². The number of ether oxygens (including phenoxy) is 3. The minimum Gasteiger partial charge on any atom is -0.394 e. The van der Waals surface area contributed by atoms with E-state index in [-0.39, 0.29) is 13.0 Å². The van der Waals surface area contributed by atoms with Crippen LogP contribution in [0.5, 0.6) is 0 Å². The molecule has 2 aliphatic rings. The molecule has 2 saturated heterocycles. The van der Waals surface area contributed by atoms with Crippen LogP contribution in [0.25, 0.3) is 0 Å². The second kappa shape index (κ2) is 8.39. The van der Waals surface area contributed by atoms with Crippen molar-refractivity contribution in [3.05, 3.63) is 32.6 Å². The molecule has 1 aromatic heterocycles. The average Bonchev–Trinajstić information content (AvgIpc) is 3.02. The summed E-state index contributed by atoms with van der Waals surface area (Å²) in [7, 11) is 0. The number of aryl methyl sites for hydroxylation is 1. The zero-order valence-corrected chi connectivity index (χ0v) is 15.0. The SMILES string of the molecule is Cc1cn([C@H]2C[C@H](O)[C@@H](CO[C@@H]3O[C@H](CO)[C@@H](O)[C@H](O)[C@H]3O)O2)c(=O)[nH]c1=O. The minimum atomic E-state index is -1.58. The monoisotopic (exact) mass is 404 g/mol. The molecule has 0 aliphatic carbocycles. The van der Waals surface area contributed by atoms with Crippen LogP contribution in [-0.2, 0) is 14.2 Å². The summed E-state index contributed by atoms with van der Waals surface area (Å²) >= 11 is 0. The molecule has 0 saturated carbocycles. The number of H-pyrrole nitrogens is 1. The molecule has 8 atom stereocenters. The fraction of sp³-hybridized carbons (Fsp3) is 0.750. The van der Waals surface area contributed by atoms with E-state index >= 15 is 0 Å². The van der Waals surface area contributed by atoms with Gasteiger partial charge in [0.2, 0.25) is 0 Å². The molecule has 1 aromatic rings. The number of aliphatic hydroxyl groups excluding tert-OH is 5. The highest BCUT2D eigenvalue weighted by Crippen LogP contribution is 2.29. The summed E-state index contributed by atoms with van der Waals surface area (Å²) in [5.74, 6) is 0. The van der Waals surface area contributed by atoms with Crippen molar-refractivity contribution >= 4 is 0 Å². The van der Waals surface area contributed by atoms with Crippen LogP contribution in [0.2, 0.25) is 0 Å². The van der Waals surface area contributed by atoms with Gasteiger partial charge in [0.05, 0.1) is 19.3 Å². The maximum atomic E-state index is 12.0. The molecule has 2 fully saturated rings. The highest BCUT2D eigenvalue weighted by atomic mass is 16.7. The van der Waals surface area contributed by atoms with Crippen molar-refractivity contribution in [1.29, 1.82) is 0 Å². The summed E-state index contributed by atoms with van der Waals surface area (Å²) < 4.78 is 17.4. The van der Waals surface area contributed by atoms with E-state index < -0.39 is 67.0 Å². The van der Waals surface area contributed by atoms with Crippen molar-refractivity contribution in [1.82, 2.24) is 9.55 Å². The van der Waals surface area contributed by atoms with Crippen molar-refractivity contribution in [3.8, 4) is 0 Å². The number of hydrogen-bond donors (Lipinski definition) is 6. The number of nitrogens with one attached hydrogen (secondary N) is 1. The average molecular weight is 404 g/mol. The van der Waals surface area contributed by atoms with Gasteiger partial charge in [-0.2, -0.15) is 0 Å². The van der Waals surface area contributed by atoms with Crippen molar-refractivity contribution in [2.45, 2.75) is 62.5 Å². The summed E-state index contributed by atoms with van der Waals surface area (Å²) in [6.07, 6.45) is -8.46. The molecule has 158 valence electrons. The second-order valence-electron chi connectivity index (χ2n) is 6.94. The molecular formula is C16H24N2O10. The Kier molecular flexibility index (Phi) is 6.31. The molecule has 0 spiro atoms. The van der Waals surface area contributed by atoms with E-state index in [9.17, 15) is 35.1 Å². The van der Waals surface area contributed by atoms with Crippen molar-refractivity contribution < 1.29 is 39.7 Å². The van der Waals surface area contributed by atoms with Crippen LogP contribution in [-0.4, -0.2) is 91.2 Å². The Morgan fingerprint density at radius 1 is 1.14 bits per heavy atom. The van der Waals surface area contributed by atoms with Crippen molar-refractivity contribution in [3.63, 3.8) is 0 Å². The lowest BCUT2D eigenvalue weighted by molar-refractivity contribution is -0.306. The van der Waals surface area contributed by atoms with Gasteiger partial charge >= 0.3 is 5.69 Å². The molecule has 0 amide bonds. The standard InChI is InChI=1S/C16H24N2O10/c1-6-3-18(16(25)17-14(6)24)10-2-7(20)9(27-10)5-26-15-13(23)12(22)11(21)8(4-19)28-15/h3,7-13,15,19-23H,2,4-5H2,1H3,(H,17,24,25)/t7-,8+,9+,10+,11+,12-,13+,15+/m0/s1. The molecule has 12 nitrogen and oxygen atoms in total. The summed E-state index contributed by atoms with van der Waals surface area (Å²) in [6.45, 7) is 0.682. The summed E-state index contributed by atoms with van der Waals surface area (Å²) in [4.78, 5) is 25.6. The van der Waals surface area contributed by atoms with Crippen LogP contribution >= 0.6 is 0 Å². The van der Waals surface area contributed by atoms with Crippen LogP contribution < -0.4 is 11.2 Å². The van der Waals surface area contributed by atoms with E-state index in [4.69, 9.17) is 14.2 Å². The van der Waals surface area contributed by atoms with E-state index in [2.05, 4.69) is 4.98 Å². The number of nitrogens with zero attached hydrogens (tertiary/aromatic N) is 1. The topological polar surface area (TPSA) is 184 Å². The molecule has 3 heterocycles. The van der Waals surface area contributed by atoms with Gasteiger partial charge in [-0.25, -0.2) is 4.79 Å². The van der Waals surface area contributed by atoms with Crippen LogP contribution in [0.4, 0.5) is 0 Å². The Morgan fingerprint density at radius 3 is 2.54 bits per heavy atom. The fourth-order valence-corrected chi connectivity index (χ4v) is 3.23. The normalized spacial score (nSPS) is 38.6. The first-order valence-corrected chi connectivity index (χ1v) is 8.80. The van der Waals surface area contributed by atoms with E-state index in [1.165, 1.54) is 13.1 Å². The zero-order chi connectivity index (χ0) is 20.6. The highest BCUT2D eigenvalue weighted by molar-refractivity contribution is 5.02. The van der Waals surface area contributed by atoms with E-state index in [0.29, 0.717) is 5.56 Å². The number of aliphatic hydroxyl groups is 5. The van der Waals surface area contributed by atoms with E-state index in [0.717, 1.165) is 4.57 Å². The molecule has 6 N–H and O–H groups in total. The van der Waals surface area contributed by atoms with Gasteiger partial charge in [0.15, 0.2) is 6.29 Å². The number of aromatic nitrogens is 2. The zero-order valence-electron chi connectivity index (χ0n) is 15.0. The van der Waals surface area contributed by atoms with Gasteiger partial charge in [-0.1, -0.05) is 0 Å². The minimum absolute atomic E-state index is 0.0636. The molecular weight excluding hydrogens is 380 g/mol. The van der Waals surface area contributed by atoms with Gasteiger partial charge < -0.3 is 39.7 Å². The molecule has 12 heteroatoms. The van der Waals surface area contributed by atoms with Crippen LogP contribution in [0.15, 0.2) is 15.8 Å². The molecule has 2 aliphatic heterocycles. The van der Waals surface area contributed by atoms with Gasteiger partial charge in [0.1, 0.15) is 36.7 Å². The predicted octanol–water partition coefficient (Wildman–Crippen LogP) is -3.69. The Morgan fingerprint density at radius 2 is 1.86 bits per heavy atom. The van der Waals surface area contributed by atoms with Crippen LogP contribution in [0.1, 0.15) is 18.2 Å². The van der Waals surface area contributed by atoms with Gasteiger partial charge in [0.25, 0.3) is 5.56 Å². The second-order valence-corrected chi connectivity index (χ2v) is 6.94. The first kappa shape index (κ1) is 21.1. The highest BCUT2D eigenvalue weighted by Gasteiger charge is 2.45. The predicted molar refractivity (Wildman–Crippen MR) is 90.3 cm³/mol. The summed E-state index contributed by atoms with van der Waals surface area (Å²) in [6, 6.07) is 0. The van der Waals surface area contributed by atoms with Crippen molar-refractivity contribution in [2.24, 2.45) is 0 Å². The molecule has 28 heavy (non-hydrogen) atoms. The van der Waals surface area contributed by atoms with Crippen molar-refractivity contribution in [2.75, 3.05) is 13.2 Å². The van der Waals surface area contributed by atoms with Gasteiger partial charge in [-0.15, -0.1) is 0 Å². The van der Waals surface area contributed by atoms with E-state index in [1.807, 2.05) is 0 Å². The third-order valence-corrected chi connectivity index (χ3v) is 4.93. The maximum absolute atomic E-state index is 12.0. The first-order chi connectivity index (χ1) is 13.2. The lowest BCUT2D eigenvalue weighted by atomic mass is 9.99. The van der Waals surface area contributed by atoms with Gasteiger partial charge in [0, 0.05) is 18.2 Å². The Hall–Kier alpha value is -1.64. The third-order valence-electron chi connectivity index (χ3n) is 4.93. The molecule has 0 unspecified atom stereocenters. The van der Waals surface area contributed by atoms with Gasteiger partial charge in [-0.3, -0.25) is 14.3 Å². The number of rotatable bonds is 5. The lowest BCUT2D eigenvalue weighted by Gasteiger charge is -2.39. The first-order valence-electron chi connectivity index (χ1n) is 8.80. The molecule has 0 radical (unpaired) electrons. The maximum Gasteiger partial charge on any atom is 0.330 e. The Balaban J connectivity index is 1.64. The summed E-state index contributed by atoms with van der Waals surface area (Å²) in [5, 5.41) is 48.9. The largest absolute Gasteiger partial charge is 0.394 e. The summed E-state index contributed by atoms with van der Waals surface area (Å²) in [5.41, 5.74) is -0.885. The molecule has 0 aromatic carbocycles. The fourth-order valence-electron chi connectivity index (χ4n) is 3.23. The van der Waals surface area contributed by atoms with Gasteiger partial charge in [-0.05, 0) is 6.92 Å². The third kappa shape index (κ3) is 4.04. The Bertz CT molecular complexity index is 792. The molecule has 0 bridgehead atoms. The number of aromatic amines is 1. The smallest absolute Gasteiger partial charge is 0.330 e. The van der Waals surface area contributed by atoms with Crippen LogP contribution in [0.3, 0.4) is 0 Å². The quantitative estimate of drug-likeness (QED) is 0.286. The van der Waals surface area contributed by atoms with E-state index in [1.54, 1.807) is 0 Å². The molecule has 3 rings (SSSR count).